The van der Waals surface area contributed by atoms with Crippen LogP contribution in [-0.4, -0.2) is 78.2 Å². The summed E-state index contributed by atoms with van der Waals surface area (Å²) in [5.74, 6) is -0.504. The minimum atomic E-state index is -4.53. The predicted octanol–water partition coefficient (Wildman–Crippen LogP) is 1.64. The number of nitro groups is 1. The van der Waals surface area contributed by atoms with E-state index in [1.54, 1.807) is 4.90 Å². The Labute approximate surface area is 187 Å². The second-order valence-corrected chi connectivity index (χ2v) is 8.93. The summed E-state index contributed by atoms with van der Waals surface area (Å²) in [5.41, 5.74) is -0.763. The van der Waals surface area contributed by atoms with Crippen molar-refractivity contribution in [2.75, 3.05) is 19.6 Å². The number of fused-ring (bicyclic) bond motifs is 1. The first kappa shape index (κ1) is 24.9. The molecule has 1 aromatic heterocycles. The van der Waals surface area contributed by atoms with Crippen LogP contribution in [0.4, 0.5) is 13.2 Å². The minimum Gasteiger partial charge on any atom is -0.483 e. The van der Waals surface area contributed by atoms with E-state index in [0.29, 0.717) is 51.0 Å². The molecule has 1 saturated carbocycles. The number of amides is 1. The fourth-order valence-corrected chi connectivity index (χ4v) is 5.30. The van der Waals surface area contributed by atoms with Gasteiger partial charge in [-0.25, -0.2) is 0 Å². The molecule has 3 aliphatic rings. The third kappa shape index (κ3) is 5.25. The molecule has 1 saturated heterocycles. The number of rotatable bonds is 4. The molecule has 1 unspecified atom stereocenters. The van der Waals surface area contributed by atoms with Gasteiger partial charge in [0, 0.05) is 37.0 Å². The lowest BCUT2D eigenvalue weighted by atomic mass is 9.77. The van der Waals surface area contributed by atoms with Crippen LogP contribution >= 0.6 is 0 Å². The second-order valence-electron chi connectivity index (χ2n) is 8.93. The van der Waals surface area contributed by atoms with Crippen molar-refractivity contribution in [3.63, 3.8) is 0 Å². The average Bonchev–Trinajstić information content (AvgIpc) is 3.31. The van der Waals surface area contributed by atoms with Crippen LogP contribution in [0.15, 0.2) is 0 Å². The van der Waals surface area contributed by atoms with Gasteiger partial charge in [0.25, 0.3) is 6.47 Å². The monoisotopic (exact) mass is 476 g/mol. The van der Waals surface area contributed by atoms with Crippen molar-refractivity contribution in [2.45, 2.75) is 69.9 Å². The first-order valence-electron chi connectivity index (χ1n) is 10.7. The Kier molecular flexibility index (Phi) is 7.24. The van der Waals surface area contributed by atoms with E-state index in [1.165, 1.54) is 0 Å². The molecule has 3 heterocycles. The number of carboxylic acid groups (broad SMARTS) is 1. The molecule has 1 aliphatic carbocycles. The highest BCUT2D eigenvalue weighted by Crippen LogP contribution is 2.40. The Morgan fingerprint density at radius 2 is 1.91 bits per heavy atom. The van der Waals surface area contributed by atoms with Gasteiger partial charge in [0.15, 0.2) is 0 Å². The van der Waals surface area contributed by atoms with E-state index >= 15 is 0 Å². The zero-order chi connectivity index (χ0) is 24.4. The van der Waals surface area contributed by atoms with E-state index in [9.17, 15) is 28.1 Å². The zero-order valence-corrected chi connectivity index (χ0v) is 18.2. The molecule has 184 valence electrons. The molecule has 0 radical (unpaired) electrons. The lowest BCUT2D eigenvalue weighted by Gasteiger charge is -2.46. The normalized spacial score (nSPS) is 28.1. The Balaban J connectivity index is 0.000000968. The fraction of sp³-hybridized carbons (Fsp3) is 0.789. The number of aromatic nitrogens is 3. The van der Waals surface area contributed by atoms with Crippen molar-refractivity contribution < 1.29 is 32.8 Å². The lowest BCUT2D eigenvalue weighted by molar-refractivity contribution is -0.496. The molecule has 0 aromatic carbocycles. The largest absolute Gasteiger partial charge is 0.483 e. The van der Waals surface area contributed by atoms with E-state index in [-0.39, 0.29) is 48.9 Å². The quantitative estimate of drug-likeness (QED) is 0.394. The molecular weight excluding hydrogens is 449 g/mol. The summed E-state index contributed by atoms with van der Waals surface area (Å²) in [7, 11) is 0. The first-order chi connectivity index (χ1) is 15.5. The van der Waals surface area contributed by atoms with Crippen LogP contribution < -0.4 is 0 Å². The first-order valence-corrected chi connectivity index (χ1v) is 10.7. The van der Waals surface area contributed by atoms with Crippen LogP contribution in [0, 0.1) is 16.0 Å². The summed E-state index contributed by atoms with van der Waals surface area (Å²) >= 11 is 0. The van der Waals surface area contributed by atoms with Gasteiger partial charge in [-0.1, -0.05) is 6.92 Å². The number of alkyl halides is 3. The predicted molar refractivity (Wildman–Crippen MR) is 106 cm³/mol. The molecular formula is C19H27F3N6O5. The molecule has 2 aliphatic heterocycles. The maximum atomic E-state index is 13.0. The minimum absolute atomic E-state index is 0.0199. The lowest BCUT2D eigenvalue weighted by Crippen LogP contribution is -2.58. The van der Waals surface area contributed by atoms with E-state index < -0.39 is 17.5 Å². The molecule has 1 atom stereocenters. The highest BCUT2D eigenvalue weighted by Gasteiger charge is 2.50. The number of carbonyl (C=O) groups excluding carboxylic acids is 1. The summed E-state index contributed by atoms with van der Waals surface area (Å²) in [6.07, 6.45) is -1.74. The van der Waals surface area contributed by atoms with Crippen molar-refractivity contribution >= 4 is 12.4 Å². The zero-order valence-electron chi connectivity index (χ0n) is 18.2. The van der Waals surface area contributed by atoms with Crippen LogP contribution in [0.25, 0.3) is 0 Å². The standard InChI is InChI=1S/C18H25F3N6O3.CH2O2/c1-12-8-15(28)26(9-12)17(11-27(29)30)4-2-13(3-5-17)24-6-7-25-14(10-24)22-23-16(25)18(19,20)21;2-1-3/h12-13H,2-11H2,1H3;1H,(H,2,3)/t12?,13-,17+;. The van der Waals surface area contributed by atoms with Gasteiger partial charge >= 0.3 is 6.18 Å². The number of nitrogens with zero attached hydrogens (tertiary/aromatic N) is 6. The SMILES string of the molecule is CC1CC(=O)N([C@]2(C[N+](=O)[O-])CC[C@H](N3CCn4c(nnc4C(F)(F)F)C3)CC2)C1.O=CO. The van der Waals surface area contributed by atoms with Crippen molar-refractivity contribution in [1.29, 1.82) is 0 Å². The maximum Gasteiger partial charge on any atom is 0.451 e. The Bertz CT molecular complexity index is 884. The van der Waals surface area contributed by atoms with Gasteiger partial charge in [-0.2, -0.15) is 13.2 Å². The number of hydrogen-bond donors (Lipinski definition) is 1. The highest BCUT2D eigenvalue weighted by atomic mass is 19.4. The number of carbonyl (C=O) groups is 2. The van der Waals surface area contributed by atoms with Gasteiger partial charge in [-0.05, 0) is 31.6 Å². The van der Waals surface area contributed by atoms with Crippen molar-refractivity contribution in [2.24, 2.45) is 5.92 Å². The van der Waals surface area contributed by atoms with Crippen LogP contribution in [0.2, 0.25) is 0 Å². The smallest absolute Gasteiger partial charge is 0.451 e. The summed E-state index contributed by atoms with van der Waals surface area (Å²) < 4.78 is 40.2. The Morgan fingerprint density at radius 3 is 2.42 bits per heavy atom. The van der Waals surface area contributed by atoms with Crippen molar-refractivity contribution in [1.82, 2.24) is 24.6 Å². The van der Waals surface area contributed by atoms with Crippen LogP contribution in [0.1, 0.15) is 50.7 Å². The van der Waals surface area contributed by atoms with E-state index in [1.807, 2.05) is 6.92 Å². The van der Waals surface area contributed by atoms with E-state index in [4.69, 9.17) is 9.90 Å². The summed E-state index contributed by atoms with van der Waals surface area (Å²) in [6, 6.07) is 0.0970. The summed E-state index contributed by atoms with van der Waals surface area (Å²) in [4.78, 5) is 35.7. The molecule has 1 N–H and O–H groups in total. The van der Waals surface area contributed by atoms with Crippen LogP contribution in [0.5, 0.6) is 0 Å². The van der Waals surface area contributed by atoms with Gasteiger partial charge in [-0.3, -0.25) is 24.6 Å². The number of hydrogen-bond acceptors (Lipinski definition) is 7. The molecule has 4 rings (SSSR count). The number of halogens is 3. The molecule has 1 aromatic rings. The van der Waals surface area contributed by atoms with Gasteiger partial charge < -0.3 is 14.6 Å². The molecule has 0 spiro atoms. The van der Waals surface area contributed by atoms with Crippen molar-refractivity contribution in [3.8, 4) is 0 Å². The Hall–Kier alpha value is -2.77. The molecule has 1 amide bonds. The number of likely N-dealkylation sites (tertiary alicyclic amines) is 1. The van der Waals surface area contributed by atoms with E-state index in [2.05, 4.69) is 15.1 Å². The second kappa shape index (κ2) is 9.61. The molecule has 0 bridgehead atoms. The van der Waals surface area contributed by atoms with Gasteiger partial charge in [0.1, 0.15) is 11.4 Å². The molecule has 14 heteroatoms. The Morgan fingerprint density at radius 1 is 1.27 bits per heavy atom. The molecule has 11 nitrogen and oxygen atoms in total. The fourth-order valence-electron chi connectivity index (χ4n) is 5.30. The topological polar surface area (TPSA) is 135 Å². The molecule has 33 heavy (non-hydrogen) atoms. The summed E-state index contributed by atoms with van der Waals surface area (Å²) in [5, 5.41) is 25.3. The van der Waals surface area contributed by atoms with Crippen LogP contribution in [-0.2, 0) is 28.9 Å². The maximum absolute atomic E-state index is 13.0. The van der Waals surface area contributed by atoms with Crippen LogP contribution in [0.3, 0.4) is 0 Å². The van der Waals surface area contributed by atoms with Gasteiger partial charge in [0.2, 0.25) is 18.3 Å². The third-order valence-corrected chi connectivity index (χ3v) is 6.75. The van der Waals surface area contributed by atoms with Gasteiger partial charge in [-0.15, -0.1) is 10.2 Å². The van der Waals surface area contributed by atoms with E-state index in [0.717, 1.165) is 4.57 Å². The average molecular weight is 476 g/mol. The van der Waals surface area contributed by atoms with Crippen molar-refractivity contribution in [3.05, 3.63) is 21.8 Å². The summed E-state index contributed by atoms with van der Waals surface area (Å²) in [6.45, 7) is 2.89. The highest BCUT2D eigenvalue weighted by molar-refractivity contribution is 5.79. The molecule has 2 fully saturated rings. The third-order valence-electron chi connectivity index (χ3n) is 6.75. The van der Waals surface area contributed by atoms with Gasteiger partial charge in [0.05, 0.1) is 6.54 Å².